The molecule has 0 spiro atoms. The van der Waals surface area contributed by atoms with Gasteiger partial charge in [0.05, 0.1) is 11.4 Å². The Kier molecular flexibility index (Phi) is 5.70. The highest BCUT2D eigenvalue weighted by Gasteiger charge is 2.23. The molecule has 0 radical (unpaired) electrons. The molecular weight excluding hydrogens is 432 g/mol. The van der Waals surface area contributed by atoms with Crippen molar-refractivity contribution in [3.63, 3.8) is 0 Å². The second-order valence-electron chi connectivity index (χ2n) is 7.39. The summed E-state index contributed by atoms with van der Waals surface area (Å²) in [5.41, 5.74) is 0.00574. The van der Waals surface area contributed by atoms with Gasteiger partial charge in [0, 0.05) is 43.7 Å². The minimum Gasteiger partial charge on any atom is -0.484 e. The quantitative estimate of drug-likeness (QED) is 0.412. The Morgan fingerprint density at radius 2 is 1.97 bits per heavy atom. The number of piperazine rings is 1. The smallest absolute Gasteiger partial charge is 0.336 e. The third kappa shape index (κ3) is 4.56. The Bertz CT molecular complexity index is 1270. The van der Waals surface area contributed by atoms with Crippen molar-refractivity contribution in [1.82, 2.24) is 19.9 Å². The fourth-order valence-electron chi connectivity index (χ4n) is 3.54. The first kappa shape index (κ1) is 20.4. The summed E-state index contributed by atoms with van der Waals surface area (Å²) in [5, 5.41) is 6.81. The largest absolute Gasteiger partial charge is 0.484 e. The molecule has 1 aliphatic rings. The van der Waals surface area contributed by atoms with Gasteiger partial charge in [-0.3, -0.25) is 9.69 Å². The van der Waals surface area contributed by atoms with E-state index in [1.165, 1.54) is 6.07 Å². The van der Waals surface area contributed by atoms with E-state index in [1.54, 1.807) is 40.5 Å². The SMILES string of the molecule is O=C(COc1ccc2ccc(=O)oc2c1)N1CCN(Cc2nc(-c3cccs3)no2)CC1. The van der Waals surface area contributed by atoms with Crippen LogP contribution in [-0.4, -0.2) is 58.6 Å². The summed E-state index contributed by atoms with van der Waals surface area (Å²) in [5.74, 6) is 1.57. The van der Waals surface area contributed by atoms with Gasteiger partial charge in [0.1, 0.15) is 11.3 Å². The molecule has 32 heavy (non-hydrogen) atoms. The summed E-state index contributed by atoms with van der Waals surface area (Å²) in [6.45, 7) is 3.10. The summed E-state index contributed by atoms with van der Waals surface area (Å²) < 4.78 is 16.2. The molecule has 0 atom stereocenters. The minimum atomic E-state index is -0.424. The van der Waals surface area contributed by atoms with Crippen LogP contribution in [0.4, 0.5) is 0 Å². The van der Waals surface area contributed by atoms with Crippen LogP contribution in [0.15, 0.2) is 61.6 Å². The standard InChI is InChI=1S/C22H20N4O5S/c27-20(14-29-16-5-3-15-4-6-21(28)30-17(15)12-16)26-9-7-25(8-10-26)13-19-23-22(24-31-19)18-2-1-11-32-18/h1-6,11-12H,7-10,13-14H2. The van der Waals surface area contributed by atoms with Crippen molar-refractivity contribution in [2.45, 2.75) is 6.54 Å². The normalized spacial score (nSPS) is 14.7. The van der Waals surface area contributed by atoms with Crippen molar-refractivity contribution < 1.29 is 18.5 Å². The molecule has 4 aromatic rings. The molecule has 164 valence electrons. The maximum Gasteiger partial charge on any atom is 0.336 e. The van der Waals surface area contributed by atoms with E-state index in [2.05, 4.69) is 15.0 Å². The second kappa shape index (κ2) is 8.93. The van der Waals surface area contributed by atoms with Crippen LogP contribution >= 0.6 is 11.3 Å². The molecule has 1 aliphatic heterocycles. The number of hydrogen-bond donors (Lipinski definition) is 0. The van der Waals surface area contributed by atoms with E-state index in [4.69, 9.17) is 13.7 Å². The van der Waals surface area contributed by atoms with Crippen LogP contribution in [0, 0.1) is 0 Å². The number of aromatic nitrogens is 2. The number of carbonyl (C=O) groups excluding carboxylic acids is 1. The molecule has 5 rings (SSSR count). The van der Waals surface area contributed by atoms with Crippen LogP contribution in [0.2, 0.25) is 0 Å². The number of rotatable bonds is 6. The summed E-state index contributed by atoms with van der Waals surface area (Å²) in [6, 6.07) is 12.1. The molecule has 0 saturated carbocycles. The first-order valence-corrected chi connectivity index (χ1v) is 11.1. The first-order valence-electron chi connectivity index (χ1n) is 10.2. The van der Waals surface area contributed by atoms with Crippen molar-refractivity contribution in [2.75, 3.05) is 32.8 Å². The molecule has 10 heteroatoms. The third-order valence-electron chi connectivity index (χ3n) is 5.25. The van der Waals surface area contributed by atoms with E-state index >= 15 is 0 Å². The van der Waals surface area contributed by atoms with Gasteiger partial charge in [-0.1, -0.05) is 11.2 Å². The zero-order chi connectivity index (χ0) is 21.9. The van der Waals surface area contributed by atoms with E-state index in [0.717, 1.165) is 10.3 Å². The average molecular weight is 452 g/mol. The molecule has 9 nitrogen and oxygen atoms in total. The predicted molar refractivity (Wildman–Crippen MR) is 117 cm³/mol. The van der Waals surface area contributed by atoms with Crippen LogP contribution in [0.25, 0.3) is 21.7 Å². The van der Waals surface area contributed by atoms with Crippen LogP contribution in [-0.2, 0) is 11.3 Å². The maximum atomic E-state index is 12.6. The van der Waals surface area contributed by atoms with Crippen LogP contribution < -0.4 is 10.4 Å². The number of fused-ring (bicyclic) bond motifs is 1. The average Bonchev–Trinajstić information content (AvgIpc) is 3.50. The summed E-state index contributed by atoms with van der Waals surface area (Å²) in [4.78, 5) is 33.3. The number of hydrogen-bond acceptors (Lipinski definition) is 9. The molecule has 0 unspecified atom stereocenters. The van der Waals surface area contributed by atoms with Crippen molar-refractivity contribution in [2.24, 2.45) is 0 Å². The number of nitrogens with zero attached hydrogens (tertiary/aromatic N) is 4. The lowest BCUT2D eigenvalue weighted by Crippen LogP contribution is -2.49. The van der Waals surface area contributed by atoms with Crippen LogP contribution in [0.5, 0.6) is 5.75 Å². The lowest BCUT2D eigenvalue weighted by Gasteiger charge is -2.33. The number of amides is 1. The van der Waals surface area contributed by atoms with Gasteiger partial charge in [-0.2, -0.15) is 4.98 Å². The van der Waals surface area contributed by atoms with Gasteiger partial charge in [0.15, 0.2) is 6.61 Å². The Hall–Kier alpha value is -3.50. The first-order chi connectivity index (χ1) is 15.6. The lowest BCUT2D eigenvalue weighted by atomic mass is 10.2. The fourth-order valence-corrected chi connectivity index (χ4v) is 4.19. The van der Waals surface area contributed by atoms with Gasteiger partial charge >= 0.3 is 5.63 Å². The van der Waals surface area contributed by atoms with Gasteiger partial charge in [0.2, 0.25) is 11.7 Å². The van der Waals surface area contributed by atoms with Crippen LogP contribution in [0.3, 0.4) is 0 Å². The zero-order valence-electron chi connectivity index (χ0n) is 17.1. The van der Waals surface area contributed by atoms with E-state index in [1.807, 2.05) is 17.5 Å². The molecule has 1 aromatic carbocycles. The Morgan fingerprint density at radius 3 is 2.78 bits per heavy atom. The summed E-state index contributed by atoms with van der Waals surface area (Å²) in [7, 11) is 0. The Morgan fingerprint density at radius 1 is 1.12 bits per heavy atom. The van der Waals surface area contributed by atoms with E-state index < -0.39 is 5.63 Å². The number of thiophene rings is 1. The predicted octanol–water partition coefficient (Wildman–Crippen LogP) is 2.63. The Labute approximate surface area is 186 Å². The van der Waals surface area contributed by atoms with Gasteiger partial charge in [-0.25, -0.2) is 4.79 Å². The van der Waals surface area contributed by atoms with E-state index in [0.29, 0.717) is 55.8 Å². The highest BCUT2D eigenvalue weighted by atomic mass is 32.1. The summed E-state index contributed by atoms with van der Waals surface area (Å²) >= 11 is 1.57. The molecule has 0 aliphatic carbocycles. The van der Waals surface area contributed by atoms with Crippen molar-refractivity contribution in [3.8, 4) is 16.5 Å². The van der Waals surface area contributed by atoms with Crippen molar-refractivity contribution in [1.29, 1.82) is 0 Å². The Balaban J connectivity index is 1.11. The summed E-state index contributed by atoms with van der Waals surface area (Å²) in [6.07, 6.45) is 0. The molecule has 0 N–H and O–H groups in total. The monoisotopic (exact) mass is 452 g/mol. The fraction of sp³-hybridized carbons (Fsp3) is 0.273. The molecule has 0 bridgehead atoms. The third-order valence-corrected chi connectivity index (χ3v) is 6.12. The van der Waals surface area contributed by atoms with Gasteiger partial charge in [0.25, 0.3) is 5.91 Å². The van der Waals surface area contributed by atoms with Gasteiger partial charge < -0.3 is 18.6 Å². The minimum absolute atomic E-state index is 0.0730. The molecule has 4 heterocycles. The van der Waals surface area contributed by atoms with Crippen molar-refractivity contribution in [3.05, 3.63) is 64.2 Å². The number of benzene rings is 1. The molecule has 3 aromatic heterocycles. The highest BCUT2D eigenvalue weighted by molar-refractivity contribution is 7.13. The molecule has 1 saturated heterocycles. The van der Waals surface area contributed by atoms with E-state index in [9.17, 15) is 9.59 Å². The van der Waals surface area contributed by atoms with Gasteiger partial charge in [-0.05, 0) is 29.6 Å². The lowest BCUT2D eigenvalue weighted by molar-refractivity contribution is -0.135. The molecule has 1 amide bonds. The van der Waals surface area contributed by atoms with Crippen molar-refractivity contribution >= 4 is 28.2 Å². The maximum absolute atomic E-state index is 12.6. The van der Waals surface area contributed by atoms with Gasteiger partial charge in [-0.15, -0.1) is 11.3 Å². The number of ether oxygens (including phenoxy) is 1. The highest BCUT2D eigenvalue weighted by Crippen LogP contribution is 2.22. The zero-order valence-corrected chi connectivity index (χ0v) is 17.9. The second-order valence-corrected chi connectivity index (χ2v) is 8.34. The molecular formula is C22H20N4O5S. The van der Waals surface area contributed by atoms with Crippen LogP contribution in [0.1, 0.15) is 5.89 Å². The van der Waals surface area contributed by atoms with E-state index in [-0.39, 0.29) is 12.5 Å². The topological polar surface area (TPSA) is 102 Å². The number of carbonyl (C=O) groups is 1. The molecule has 1 fully saturated rings.